The van der Waals surface area contributed by atoms with Crippen molar-refractivity contribution in [3.63, 3.8) is 0 Å². The third-order valence-corrected chi connectivity index (χ3v) is 3.55. The SMILES string of the molecule is CCCCC[C@](C)(OCC)C(=O)Nc1ccc(OC)cc1. The fourth-order valence-electron chi connectivity index (χ4n) is 2.22. The number of hydrogen-bond acceptors (Lipinski definition) is 3. The average molecular weight is 293 g/mol. The highest BCUT2D eigenvalue weighted by atomic mass is 16.5. The molecule has 1 atom stereocenters. The number of unbranched alkanes of at least 4 members (excludes halogenated alkanes) is 2. The number of anilines is 1. The van der Waals surface area contributed by atoms with Gasteiger partial charge in [0.2, 0.25) is 0 Å². The van der Waals surface area contributed by atoms with Crippen molar-refractivity contribution >= 4 is 11.6 Å². The van der Waals surface area contributed by atoms with Gasteiger partial charge in [0.15, 0.2) is 0 Å². The molecule has 0 aliphatic rings. The maximum absolute atomic E-state index is 12.5. The van der Waals surface area contributed by atoms with Crippen molar-refractivity contribution in [2.24, 2.45) is 0 Å². The first-order valence-electron chi connectivity index (χ1n) is 7.65. The summed E-state index contributed by atoms with van der Waals surface area (Å²) in [5, 5.41) is 2.93. The first kappa shape index (κ1) is 17.5. The lowest BCUT2D eigenvalue weighted by Crippen LogP contribution is -2.42. The van der Waals surface area contributed by atoms with Crippen LogP contribution in [0.25, 0.3) is 0 Å². The van der Waals surface area contributed by atoms with Gasteiger partial charge in [-0.1, -0.05) is 26.2 Å². The molecule has 1 rings (SSSR count). The van der Waals surface area contributed by atoms with E-state index in [1.54, 1.807) is 7.11 Å². The van der Waals surface area contributed by atoms with E-state index < -0.39 is 5.60 Å². The molecule has 1 aromatic rings. The number of amides is 1. The number of ether oxygens (including phenoxy) is 2. The van der Waals surface area contributed by atoms with Crippen molar-refractivity contribution < 1.29 is 14.3 Å². The van der Waals surface area contributed by atoms with E-state index in [-0.39, 0.29) is 5.91 Å². The Hall–Kier alpha value is -1.55. The highest BCUT2D eigenvalue weighted by molar-refractivity contribution is 5.97. The van der Waals surface area contributed by atoms with Gasteiger partial charge < -0.3 is 14.8 Å². The fourth-order valence-corrected chi connectivity index (χ4v) is 2.22. The first-order valence-corrected chi connectivity index (χ1v) is 7.65. The number of methoxy groups -OCH3 is 1. The molecule has 0 bridgehead atoms. The lowest BCUT2D eigenvalue weighted by Gasteiger charge is -2.28. The lowest BCUT2D eigenvalue weighted by molar-refractivity contribution is -0.139. The Bertz CT molecular complexity index is 430. The van der Waals surface area contributed by atoms with Crippen LogP contribution in [0.4, 0.5) is 5.69 Å². The molecule has 0 saturated heterocycles. The molecule has 1 aromatic carbocycles. The monoisotopic (exact) mass is 293 g/mol. The minimum Gasteiger partial charge on any atom is -0.497 e. The van der Waals surface area contributed by atoms with Gasteiger partial charge in [-0.2, -0.15) is 0 Å². The van der Waals surface area contributed by atoms with Gasteiger partial charge in [0.1, 0.15) is 11.4 Å². The van der Waals surface area contributed by atoms with Gasteiger partial charge in [-0.3, -0.25) is 4.79 Å². The molecule has 0 radical (unpaired) electrons. The van der Waals surface area contributed by atoms with E-state index in [1.165, 1.54) is 0 Å². The van der Waals surface area contributed by atoms with E-state index >= 15 is 0 Å². The van der Waals surface area contributed by atoms with Crippen LogP contribution >= 0.6 is 0 Å². The van der Waals surface area contributed by atoms with Crippen LogP contribution in [0.3, 0.4) is 0 Å². The molecular formula is C17H27NO3. The van der Waals surface area contributed by atoms with Crippen LogP contribution in [0.2, 0.25) is 0 Å². The third-order valence-electron chi connectivity index (χ3n) is 3.55. The zero-order valence-corrected chi connectivity index (χ0v) is 13.6. The van der Waals surface area contributed by atoms with Crippen LogP contribution in [-0.2, 0) is 9.53 Å². The summed E-state index contributed by atoms with van der Waals surface area (Å²) in [6, 6.07) is 7.31. The van der Waals surface area contributed by atoms with Gasteiger partial charge in [-0.15, -0.1) is 0 Å². The Morgan fingerprint density at radius 1 is 1.19 bits per heavy atom. The molecule has 118 valence electrons. The maximum atomic E-state index is 12.5. The Kier molecular flexibility index (Phi) is 7.23. The zero-order chi connectivity index (χ0) is 15.7. The summed E-state index contributed by atoms with van der Waals surface area (Å²) in [5.74, 6) is 0.675. The molecular weight excluding hydrogens is 266 g/mol. The second-order valence-corrected chi connectivity index (χ2v) is 5.30. The Morgan fingerprint density at radius 3 is 2.38 bits per heavy atom. The predicted octanol–water partition coefficient (Wildman–Crippen LogP) is 4.01. The molecule has 21 heavy (non-hydrogen) atoms. The van der Waals surface area contributed by atoms with Gasteiger partial charge in [0, 0.05) is 12.3 Å². The second-order valence-electron chi connectivity index (χ2n) is 5.30. The normalized spacial score (nSPS) is 13.5. The minimum absolute atomic E-state index is 0.0920. The standard InChI is InChI=1S/C17H27NO3/c1-5-7-8-13-17(3,21-6-2)16(19)18-14-9-11-15(20-4)12-10-14/h9-12H,5-8,13H2,1-4H3,(H,18,19)/t17-/m0/s1. The van der Waals surface area contributed by atoms with Crippen molar-refractivity contribution in [2.75, 3.05) is 19.0 Å². The second kappa shape index (κ2) is 8.67. The minimum atomic E-state index is -0.774. The molecule has 0 aromatic heterocycles. The highest BCUT2D eigenvalue weighted by Crippen LogP contribution is 2.23. The molecule has 1 amide bonds. The summed E-state index contributed by atoms with van der Waals surface area (Å²) in [6.07, 6.45) is 3.96. The van der Waals surface area contributed by atoms with E-state index in [1.807, 2.05) is 38.1 Å². The molecule has 0 aliphatic heterocycles. The van der Waals surface area contributed by atoms with Crippen molar-refractivity contribution in [1.29, 1.82) is 0 Å². The summed E-state index contributed by atoms with van der Waals surface area (Å²) in [7, 11) is 1.62. The van der Waals surface area contributed by atoms with Crippen LogP contribution in [0, 0.1) is 0 Å². The van der Waals surface area contributed by atoms with Gasteiger partial charge in [0.05, 0.1) is 7.11 Å². The van der Waals surface area contributed by atoms with Crippen LogP contribution in [-0.4, -0.2) is 25.2 Å². The first-order chi connectivity index (χ1) is 10.1. The molecule has 1 N–H and O–H groups in total. The number of benzene rings is 1. The van der Waals surface area contributed by atoms with Crippen molar-refractivity contribution in [1.82, 2.24) is 0 Å². The van der Waals surface area contributed by atoms with Gasteiger partial charge in [-0.25, -0.2) is 0 Å². The topological polar surface area (TPSA) is 47.6 Å². The number of rotatable bonds is 9. The summed E-state index contributed by atoms with van der Waals surface area (Å²) < 4.78 is 10.8. The Balaban J connectivity index is 2.70. The van der Waals surface area contributed by atoms with Crippen LogP contribution in [0.1, 0.15) is 46.5 Å². The van der Waals surface area contributed by atoms with E-state index in [4.69, 9.17) is 9.47 Å². The molecule has 4 nitrogen and oxygen atoms in total. The Labute approximate surface area is 127 Å². The van der Waals surface area contributed by atoms with Gasteiger partial charge in [0.25, 0.3) is 5.91 Å². The van der Waals surface area contributed by atoms with Crippen LogP contribution in [0.15, 0.2) is 24.3 Å². The average Bonchev–Trinajstić information content (AvgIpc) is 2.48. The van der Waals surface area contributed by atoms with Crippen molar-refractivity contribution in [3.8, 4) is 5.75 Å². The Morgan fingerprint density at radius 2 is 1.86 bits per heavy atom. The summed E-state index contributed by atoms with van der Waals surface area (Å²) in [6.45, 7) is 6.46. The predicted molar refractivity (Wildman–Crippen MR) is 85.8 cm³/mol. The van der Waals surface area contributed by atoms with Crippen molar-refractivity contribution in [2.45, 2.75) is 52.1 Å². The molecule has 0 saturated carbocycles. The quantitative estimate of drug-likeness (QED) is 0.700. The number of carbonyl (C=O) groups is 1. The maximum Gasteiger partial charge on any atom is 0.256 e. The fraction of sp³-hybridized carbons (Fsp3) is 0.588. The molecule has 0 unspecified atom stereocenters. The smallest absolute Gasteiger partial charge is 0.256 e. The zero-order valence-electron chi connectivity index (χ0n) is 13.6. The van der Waals surface area contributed by atoms with Gasteiger partial charge in [-0.05, 0) is 44.5 Å². The number of hydrogen-bond donors (Lipinski definition) is 1. The number of carbonyl (C=O) groups excluding carboxylic acids is 1. The molecule has 0 spiro atoms. The highest BCUT2D eigenvalue weighted by Gasteiger charge is 2.33. The van der Waals surface area contributed by atoms with E-state index in [0.29, 0.717) is 6.61 Å². The molecule has 4 heteroatoms. The summed E-state index contributed by atoms with van der Waals surface area (Å²) >= 11 is 0. The lowest BCUT2D eigenvalue weighted by atomic mass is 9.96. The molecule has 0 heterocycles. The largest absolute Gasteiger partial charge is 0.497 e. The van der Waals surface area contributed by atoms with E-state index in [0.717, 1.165) is 37.1 Å². The third kappa shape index (κ3) is 5.38. The van der Waals surface area contributed by atoms with Gasteiger partial charge >= 0.3 is 0 Å². The van der Waals surface area contributed by atoms with E-state index in [2.05, 4.69) is 12.2 Å². The van der Waals surface area contributed by atoms with Crippen LogP contribution < -0.4 is 10.1 Å². The summed E-state index contributed by atoms with van der Waals surface area (Å²) in [5.41, 5.74) is -0.0219. The van der Waals surface area contributed by atoms with E-state index in [9.17, 15) is 4.79 Å². The molecule has 0 fully saturated rings. The number of nitrogens with one attached hydrogen (secondary N) is 1. The van der Waals surface area contributed by atoms with Crippen molar-refractivity contribution in [3.05, 3.63) is 24.3 Å². The molecule has 0 aliphatic carbocycles. The van der Waals surface area contributed by atoms with Crippen LogP contribution in [0.5, 0.6) is 5.75 Å². The summed E-state index contributed by atoms with van der Waals surface area (Å²) in [4.78, 5) is 12.5.